The number of aryl methyl sites for hydroxylation is 1. The number of aromatic amines is 2. The summed E-state index contributed by atoms with van der Waals surface area (Å²) in [5.74, 6) is 0. The van der Waals surface area contributed by atoms with Gasteiger partial charge in [0, 0.05) is 5.02 Å². The van der Waals surface area contributed by atoms with Crippen LogP contribution >= 0.6 is 11.6 Å². The zero-order valence-corrected chi connectivity index (χ0v) is 10.7. The maximum absolute atomic E-state index is 11.8. The van der Waals surface area contributed by atoms with Crippen molar-refractivity contribution in [3.63, 3.8) is 0 Å². The lowest BCUT2D eigenvalue weighted by molar-refractivity contribution is 0.858. The Hall–Kier alpha value is -2.34. The van der Waals surface area contributed by atoms with Crippen molar-refractivity contribution in [2.75, 3.05) is 0 Å². The molecule has 0 aliphatic rings. The minimum absolute atomic E-state index is 0.121. The van der Waals surface area contributed by atoms with Crippen LogP contribution in [0.1, 0.15) is 5.69 Å². The van der Waals surface area contributed by atoms with Gasteiger partial charge in [-0.15, -0.1) is 0 Å². The summed E-state index contributed by atoms with van der Waals surface area (Å²) in [5, 5.41) is 9.62. The molecule has 7 heteroatoms. The summed E-state index contributed by atoms with van der Waals surface area (Å²) < 4.78 is 1.55. The molecule has 1 aromatic carbocycles. The van der Waals surface area contributed by atoms with Crippen LogP contribution in [0.25, 0.3) is 16.6 Å². The molecule has 3 aromatic rings. The highest BCUT2D eigenvalue weighted by atomic mass is 35.5. The third-order valence-electron chi connectivity index (χ3n) is 2.92. The predicted molar refractivity (Wildman–Crippen MR) is 72.1 cm³/mol. The van der Waals surface area contributed by atoms with Crippen LogP contribution in [-0.2, 0) is 0 Å². The summed E-state index contributed by atoms with van der Waals surface area (Å²) in [6.07, 6.45) is 0. The Morgan fingerprint density at radius 2 is 1.74 bits per heavy atom. The molecule has 0 unspecified atom stereocenters. The molecule has 19 heavy (non-hydrogen) atoms. The van der Waals surface area contributed by atoms with Crippen molar-refractivity contribution in [2.24, 2.45) is 0 Å². The van der Waals surface area contributed by atoms with Crippen molar-refractivity contribution in [1.29, 1.82) is 0 Å². The van der Waals surface area contributed by atoms with Gasteiger partial charge in [0.15, 0.2) is 5.52 Å². The Morgan fingerprint density at radius 1 is 1.11 bits per heavy atom. The SMILES string of the molecule is Cc1c2c(=O)[nH][nH]c(=O)c2nn1-c1ccc(Cl)cc1. The molecule has 0 saturated carbocycles. The van der Waals surface area contributed by atoms with E-state index in [0.29, 0.717) is 16.1 Å². The van der Waals surface area contributed by atoms with Gasteiger partial charge in [0.25, 0.3) is 11.1 Å². The maximum Gasteiger partial charge on any atom is 0.291 e. The first kappa shape index (κ1) is 11.7. The number of H-pyrrole nitrogens is 2. The van der Waals surface area contributed by atoms with Crippen LogP contribution in [-0.4, -0.2) is 20.0 Å². The quantitative estimate of drug-likeness (QED) is 0.704. The second kappa shape index (κ2) is 4.10. The number of halogens is 1. The molecule has 2 aromatic heterocycles. The van der Waals surface area contributed by atoms with Gasteiger partial charge in [-0.25, -0.2) is 4.68 Å². The van der Waals surface area contributed by atoms with E-state index in [1.807, 2.05) is 0 Å². The van der Waals surface area contributed by atoms with Crippen LogP contribution < -0.4 is 11.1 Å². The number of hydrogen-bond donors (Lipinski definition) is 2. The maximum atomic E-state index is 11.8. The molecule has 6 nitrogen and oxygen atoms in total. The molecule has 96 valence electrons. The van der Waals surface area contributed by atoms with E-state index in [1.165, 1.54) is 0 Å². The molecule has 0 aliphatic carbocycles. The average molecular weight is 277 g/mol. The summed E-state index contributed by atoms with van der Waals surface area (Å²) in [7, 11) is 0. The lowest BCUT2D eigenvalue weighted by atomic mass is 10.2. The van der Waals surface area contributed by atoms with Gasteiger partial charge in [-0.2, -0.15) is 5.10 Å². The van der Waals surface area contributed by atoms with E-state index in [4.69, 9.17) is 11.6 Å². The number of rotatable bonds is 1. The van der Waals surface area contributed by atoms with Gasteiger partial charge in [0.2, 0.25) is 0 Å². The van der Waals surface area contributed by atoms with Gasteiger partial charge in [0.1, 0.15) is 0 Å². The molecule has 0 aliphatic heterocycles. The van der Waals surface area contributed by atoms with Gasteiger partial charge >= 0.3 is 0 Å². The van der Waals surface area contributed by atoms with Crippen LogP contribution in [0.3, 0.4) is 0 Å². The number of benzene rings is 1. The van der Waals surface area contributed by atoms with E-state index in [0.717, 1.165) is 5.69 Å². The first-order chi connectivity index (χ1) is 9.08. The number of fused-ring (bicyclic) bond motifs is 1. The molecule has 0 spiro atoms. The monoisotopic (exact) mass is 276 g/mol. The number of nitrogens with zero attached hydrogens (tertiary/aromatic N) is 2. The van der Waals surface area contributed by atoms with Gasteiger partial charge in [-0.3, -0.25) is 19.8 Å². The zero-order chi connectivity index (χ0) is 13.6. The topological polar surface area (TPSA) is 83.5 Å². The highest BCUT2D eigenvalue weighted by Crippen LogP contribution is 2.17. The highest BCUT2D eigenvalue weighted by molar-refractivity contribution is 6.30. The molecular formula is C12H9ClN4O2. The minimum atomic E-state index is -0.426. The van der Waals surface area contributed by atoms with Crippen molar-refractivity contribution in [3.8, 4) is 5.69 Å². The van der Waals surface area contributed by atoms with Crippen molar-refractivity contribution < 1.29 is 0 Å². The Morgan fingerprint density at radius 3 is 2.37 bits per heavy atom. The smallest absolute Gasteiger partial charge is 0.267 e. The summed E-state index contributed by atoms with van der Waals surface area (Å²) in [4.78, 5) is 23.4. The molecule has 0 saturated heterocycles. The van der Waals surface area contributed by atoms with Crippen molar-refractivity contribution in [1.82, 2.24) is 20.0 Å². The third-order valence-corrected chi connectivity index (χ3v) is 3.17. The van der Waals surface area contributed by atoms with E-state index in [2.05, 4.69) is 15.3 Å². The molecule has 0 atom stereocenters. The van der Waals surface area contributed by atoms with Gasteiger partial charge < -0.3 is 0 Å². The van der Waals surface area contributed by atoms with Crippen LogP contribution in [0.2, 0.25) is 5.02 Å². The van der Waals surface area contributed by atoms with Crippen LogP contribution in [0.15, 0.2) is 33.9 Å². The summed E-state index contributed by atoms with van der Waals surface area (Å²) in [6.45, 7) is 1.73. The number of hydrogen-bond acceptors (Lipinski definition) is 3. The molecular weight excluding hydrogens is 268 g/mol. The number of nitrogens with one attached hydrogen (secondary N) is 2. The van der Waals surface area contributed by atoms with Crippen molar-refractivity contribution in [3.05, 3.63) is 55.7 Å². The lowest BCUT2D eigenvalue weighted by Crippen LogP contribution is -2.18. The summed E-state index contributed by atoms with van der Waals surface area (Å²) >= 11 is 5.83. The first-order valence-electron chi connectivity index (χ1n) is 5.54. The molecule has 0 bridgehead atoms. The third kappa shape index (κ3) is 1.77. The Labute approximate surface area is 111 Å². The van der Waals surface area contributed by atoms with Crippen molar-refractivity contribution >= 4 is 22.5 Å². The fourth-order valence-electron chi connectivity index (χ4n) is 2.00. The normalized spacial score (nSPS) is 11.1. The Balaban J connectivity index is 2.38. The van der Waals surface area contributed by atoms with Gasteiger partial charge in [0.05, 0.1) is 16.8 Å². The average Bonchev–Trinajstić information content (AvgIpc) is 2.74. The van der Waals surface area contributed by atoms with E-state index < -0.39 is 5.56 Å². The summed E-state index contributed by atoms with van der Waals surface area (Å²) in [5.41, 5.74) is 0.662. The number of aromatic nitrogens is 4. The zero-order valence-electron chi connectivity index (χ0n) is 9.90. The molecule has 0 radical (unpaired) electrons. The van der Waals surface area contributed by atoms with Gasteiger partial charge in [-0.1, -0.05) is 11.6 Å². The molecule has 2 N–H and O–H groups in total. The second-order valence-corrected chi connectivity index (χ2v) is 4.54. The fourth-order valence-corrected chi connectivity index (χ4v) is 2.13. The minimum Gasteiger partial charge on any atom is -0.267 e. The van der Waals surface area contributed by atoms with E-state index in [-0.39, 0.29) is 11.1 Å². The van der Waals surface area contributed by atoms with Crippen LogP contribution in [0, 0.1) is 6.92 Å². The highest BCUT2D eigenvalue weighted by Gasteiger charge is 2.14. The second-order valence-electron chi connectivity index (χ2n) is 4.11. The fraction of sp³-hybridized carbons (Fsp3) is 0.0833. The lowest BCUT2D eigenvalue weighted by Gasteiger charge is -2.03. The van der Waals surface area contributed by atoms with E-state index in [9.17, 15) is 9.59 Å². The molecule has 2 heterocycles. The molecule has 0 fully saturated rings. The van der Waals surface area contributed by atoms with Crippen LogP contribution in [0.5, 0.6) is 0 Å². The Bertz CT molecular complexity index is 873. The first-order valence-corrected chi connectivity index (χ1v) is 5.92. The molecule has 3 rings (SSSR count). The summed E-state index contributed by atoms with van der Waals surface area (Å²) in [6, 6.07) is 6.97. The Kier molecular flexibility index (Phi) is 2.53. The molecule has 0 amide bonds. The van der Waals surface area contributed by atoms with E-state index >= 15 is 0 Å². The standard InChI is InChI=1S/C12H9ClN4O2/c1-6-9-10(12(19)15-14-11(9)18)16-17(6)8-4-2-7(13)3-5-8/h2-5H,1H3,(H,14,18)(H,15,19). The van der Waals surface area contributed by atoms with E-state index in [1.54, 1.807) is 35.9 Å². The largest absolute Gasteiger partial charge is 0.291 e. The van der Waals surface area contributed by atoms with Gasteiger partial charge in [-0.05, 0) is 31.2 Å². The predicted octanol–water partition coefficient (Wildman–Crippen LogP) is 1.36. The van der Waals surface area contributed by atoms with Crippen LogP contribution in [0.4, 0.5) is 0 Å². The van der Waals surface area contributed by atoms with Crippen molar-refractivity contribution in [2.45, 2.75) is 6.92 Å².